The van der Waals surface area contributed by atoms with Crippen molar-refractivity contribution in [2.75, 3.05) is 6.61 Å². The number of rotatable bonds is 13. The number of hydrogen-bond donors (Lipinski definition) is 4. The molecule has 18 heteroatoms. The van der Waals surface area contributed by atoms with Crippen LogP contribution < -0.4 is 10.2 Å². The summed E-state index contributed by atoms with van der Waals surface area (Å²) in [5.41, 5.74) is -3.07. The van der Waals surface area contributed by atoms with Gasteiger partial charge in [-0.1, -0.05) is 11.6 Å². The number of halogens is 3. The van der Waals surface area contributed by atoms with Crippen molar-refractivity contribution in [2.45, 2.75) is 103 Å². The molecule has 0 spiro atoms. The number of allylic oxidation sites excluding steroid dienone is 1. The quantitative estimate of drug-likeness (QED) is 0.127. The third-order valence-corrected chi connectivity index (χ3v) is 8.08. The molecular formula is C23H35ClF2N3O11P. The highest BCUT2D eigenvalue weighted by Gasteiger charge is 2.62. The van der Waals surface area contributed by atoms with Crippen molar-refractivity contribution in [1.82, 2.24) is 15.1 Å². The molecule has 6 atom stereocenters. The first-order valence-corrected chi connectivity index (χ1v) is 14.6. The van der Waals surface area contributed by atoms with Gasteiger partial charge in [-0.15, -0.1) is 0 Å². The van der Waals surface area contributed by atoms with Crippen molar-refractivity contribution in [3.05, 3.63) is 11.2 Å². The molecule has 0 unspecified atom stereocenters. The van der Waals surface area contributed by atoms with Gasteiger partial charge in [-0.25, -0.2) is 19.0 Å². The second-order valence-corrected chi connectivity index (χ2v) is 12.4. The SMILES string of the molecule is CC(C)OC(=O)[C@H](C)NP(=O)(N[C@@H](C)C(=O)OC(C)C)OC[C@@]1(C(F)F)O[C@@H](N2C=C(Cl)C(=O)CC2=O)[C@H](O)[C@@H]1O. The molecule has 2 aliphatic rings. The van der Waals surface area contributed by atoms with Gasteiger partial charge in [0.2, 0.25) is 5.91 Å². The number of aliphatic hydroxyl groups excluding tert-OH is 2. The zero-order chi connectivity index (χ0) is 31.4. The standard InChI is InChI=1S/C23H35ClF2N3O11P/c1-10(2)38-20(34)12(5)27-41(36,28-13(6)21(35)39-11(3)4)37-9-23(22(25)26)18(33)17(32)19(40-23)29-8-14(24)15(30)7-16(29)31/h8,10-13,17-19,22,32-33H,7,9H2,1-6H3,(H2,27,28,36)/t12-,13-,17+,18-,19+,23+/m0/s1. The number of nitrogens with one attached hydrogen (secondary N) is 2. The number of hydrogen-bond acceptors (Lipinski definition) is 11. The van der Waals surface area contributed by atoms with E-state index in [0.29, 0.717) is 4.90 Å². The summed E-state index contributed by atoms with van der Waals surface area (Å²) in [5, 5.41) is 25.4. The molecule has 0 radical (unpaired) electrons. The summed E-state index contributed by atoms with van der Waals surface area (Å²) in [6, 6.07) is -2.70. The summed E-state index contributed by atoms with van der Waals surface area (Å²) in [4.78, 5) is 49.3. The molecule has 1 fully saturated rings. The molecule has 1 saturated heterocycles. The Balaban J connectivity index is 2.37. The minimum absolute atomic E-state index is 0.442. The van der Waals surface area contributed by atoms with Crippen LogP contribution in [-0.2, 0) is 42.5 Å². The van der Waals surface area contributed by atoms with Gasteiger partial charge in [0.05, 0.1) is 25.2 Å². The number of amides is 1. The molecule has 4 N–H and O–H groups in total. The molecule has 2 aliphatic heterocycles. The zero-order valence-electron chi connectivity index (χ0n) is 23.2. The number of ketones is 1. The van der Waals surface area contributed by atoms with E-state index in [9.17, 15) is 42.7 Å². The van der Waals surface area contributed by atoms with Crippen LogP contribution in [0.2, 0.25) is 0 Å². The average molecular weight is 634 g/mol. The minimum atomic E-state index is -4.66. The van der Waals surface area contributed by atoms with Crippen molar-refractivity contribution in [1.29, 1.82) is 0 Å². The molecule has 41 heavy (non-hydrogen) atoms. The molecular weight excluding hydrogens is 599 g/mol. The van der Waals surface area contributed by atoms with Crippen LogP contribution >= 0.6 is 19.3 Å². The van der Waals surface area contributed by atoms with E-state index in [4.69, 9.17) is 30.3 Å². The van der Waals surface area contributed by atoms with Crippen molar-refractivity contribution in [3.8, 4) is 0 Å². The molecule has 2 heterocycles. The largest absolute Gasteiger partial charge is 0.462 e. The average Bonchev–Trinajstić information content (AvgIpc) is 3.10. The lowest BCUT2D eigenvalue weighted by atomic mass is 9.96. The van der Waals surface area contributed by atoms with Crippen LogP contribution in [-0.4, -0.2) is 100 Å². The molecule has 0 aromatic carbocycles. The van der Waals surface area contributed by atoms with Gasteiger partial charge in [-0.2, -0.15) is 0 Å². The molecule has 0 saturated carbocycles. The molecule has 1 amide bonds. The summed E-state index contributed by atoms with van der Waals surface area (Å²) in [7, 11) is -4.66. The van der Waals surface area contributed by atoms with Crippen LogP contribution in [0.1, 0.15) is 48.0 Å². The Morgan fingerprint density at radius 2 is 1.59 bits per heavy atom. The minimum Gasteiger partial charge on any atom is -0.462 e. The van der Waals surface area contributed by atoms with Crippen LogP contribution in [0.5, 0.6) is 0 Å². The van der Waals surface area contributed by atoms with Crippen LogP contribution in [0.3, 0.4) is 0 Å². The lowest BCUT2D eigenvalue weighted by Crippen LogP contribution is -2.53. The van der Waals surface area contributed by atoms with Crippen molar-refractivity contribution in [2.24, 2.45) is 0 Å². The number of aliphatic hydroxyl groups is 2. The highest BCUT2D eigenvalue weighted by Crippen LogP contribution is 2.45. The van der Waals surface area contributed by atoms with E-state index in [1.54, 1.807) is 27.7 Å². The van der Waals surface area contributed by atoms with E-state index in [2.05, 4.69) is 10.2 Å². The number of Topliss-reactive ketones (excluding diaryl/α,β-unsaturated/α-hetero) is 1. The molecule has 14 nitrogen and oxygen atoms in total. The number of nitrogens with zero attached hydrogens (tertiary/aromatic N) is 1. The highest BCUT2D eigenvalue weighted by molar-refractivity contribution is 7.54. The van der Waals surface area contributed by atoms with Gasteiger partial charge in [0, 0.05) is 6.20 Å². The Kier molecular flexibility index (Phi) is 12.0. The van der Waals surface area contributed by atoms with Crippen molar-refractivity contribution >= 4 is 42.9 Å². The van der Waals surface area contributed by atoms with Crippen molar-refractivity contribution in [3.63, 3.8) is 0 Å². The van der Waals surface area contributed by atoms with E-state index in [-0.39, 0.29) is 0 Å². The maximum Gasteiger partial charge on any atom is 0.342 e. The molecule has 234 valence electrons. The second-order valence-electron chi connectivity index (χ2n) is 10.1. The van der Waals surface area contributed by atoms with E-state index >= 15 is 0 Å². The van der Waals surface area contributed by atoms with Gasteiger partial charge in [0.25, 0.3) is 6.43 Å². The summed E-state index contributed by atoms with van der Waals surface area (Å²) in [6.45, 7) is 7.32. The predicted octanol–water partition coefficient (Wildman–Crippen LogP) is 0.934. The molecule has 2 rings (SSSR count). The summed E-state index contributed by atoms with van der Waals surface area (Å²) >= 11 is 5.77. The Morgan fingerprint density at radius 3 is 2.02 bits per heavy atom. The normalized spacial score (nSPS) is 26.9. The third-order valence-electron chi connectivity index (χ3n) is 5.83. The lowest BCUT2D eigenvalue weighted by Gasteiger charge is -2.34. The van der Waals surface area contributed by atoms with Gasteiger partial charge < -0.3 is 28.9 Å². The second kappa shape index (κ2) is 14.0. The fourth-order valence-electron chi connectivity index (χ4n) is 3.78. The summed E-state index contributed by atoms with van der Waals surface area (Å²) in [6.07, 6.45) is -11.2. The number of carbonyl (C=O) groups excluding carboxylic acids is 4. The first kappa shape index (κ1) is 35.2. The topological polar surface area (TPSA) is 190 Å². The molecule has 0 bridgehead atoms. The number of ether oxygens (including phenoxy) is 3. The van der Waals surface area contributed by atoms with E-state index < -0.39 is 104 Å². The van der Waals surface area contributed by atoms with E-state index in [1.165, 1.54) is 13.8 Å². The van der Waals surface area contributed by atoms with Gasteiger partial charge in [0.1, 0.15) is 29.3 Å². The first-order valence-electron chi connectivity index (χ1n) is 12.6. The smallest absolute Gasteiger partial charge is 0.342 e. The molecule has 0 aromatic rings. The number of carbonyl (C=O) groups is 4. The number of alkyl halides is 2. The third kappa shape index (κ3) is 8.51. The van der Waals surface area contributed by atoms with Crippen LogP contribution in [0.15, 0.2) is 11.2 Å². The van der Waals surface area contributed by atoms with Crippen LogP contribution in [0.25, 0.3) is 0 Å². The lowest BCUT2D eigenvalue weighted by molar-refractivity contribution is -0.199. The van der Waals surface area contributed by atoms with Crippen LogP contribution in [0, 0.1) is 0 Å². The van der Waals surface area contributed by atoms with Crippen molar-refractivity contribution < 1.29 is 61.5 Å². The summed E-state index contributed by atoms with van der Waals surface area (Å²) < 4.78 is 63.4. The highest BCUT2D eigenvalue weighted by atomic mass is 35.5. The Labute approximate surface area is 240 Å². The monoisotopic (exact) mass is 633 g/mol. The maximum atomic E-state index is 14.5. The fourth-order valence-corrected chi connectivity index (χ4v) is 5.79. The zero-order valence-corrected chi connectivity index (χ0v) is 24.9. The Bertz CT molecular complexity index is 1060. The van der Waals surface area contributed by atoms with Gasteiger partial charge in [-0.3, -0.25) is 28.6 Å². The van der Waals surface area contributed by atoms with E-state index in [0.717, 1.165) is 6.20 Å². The summed E-state index contributed by atoms with van der Waals surface area (Å²) in [5.74, 6) is -3.48. The fraction of sp³-hybridized carbons (Fsp3) is 0.739. The Hall–Kier alpha value is -2.04. The first-order chi connectivity index (χ1) is 18.8. The van der Waals surface area contributed by atoms with Crippen LogP contribution in [0.4, 0.5) is 8.78 Å². The molecule has 0 aromatic heterocycles. The number of esters is 2. The van der Waals surface area contributed by atoms with Gasteiger partial charge >= 0.3 is 19.6 Å². The maximum absolute atomic E-state index is 14.5. The predicted molar refractivity (Wildman–Crippen MR) is 137 cm³/mol. The van der Waals surface area contributed by atoms with Gasteiger partial charge in [-0.05, 0) is 41.5 Å². The van der Waals surface area contributed by atoms with Gasteiger partial charge in [0.15, 0.2) is 17.6 Å². The Morgan fingerprint density at radius 1 is 1.10 bits per heavy atom. The van der Waals surface area contributed by atoms with E-state index in [1.807, 2.05) is 0 Å². The molecule has 0 aliphatic carbocycles.